The summed E-state index contributed by atoms with van der Waals surface area (Å²) < 4.78 is 0. The molecule has 102 valence electrons. The number of hydrogen-bond acceptors (Lipinski definition) is 3. The van der Waals surface area contributed by atoms with Crippen LogP contribution in [0.1, 0.15) is 37.4 Å². The zero-order chi connectivity index (χ0) is 13.2. The van der Waals surface area contributed by atoms with Crippen LogP contribution in [0, 0.1) is 6.92 Å². The molecule has 19 heavy (non-hydrogen) atoms. The summed E-state index contributed by atoms with van der Waals surface area (Å²) in [5, 5.41) is 3.60. The van der Waals surface area contributed by atoms with Gasteiger partial charge in [0.15, 0.2) is 0 Å². The van der Waals surface area contributed by atoms with Crippen molar-refractivity contribution in [1.82, 2.24) is 10.3 Å². The maximum Gasteiger partial charge on any atom is 0.0448 e. The summed E-state index contributed by atoms with van der Waals surface area (Å²) in [5.74, 6) is 0. The molecule has 0 radical (unpaired) electrons. The van der Waals surface area contributed by atoms with Gasteiger partial charge in [-0.05, 0) is 39.2 Å². The minimum Gasteiger partial charge on any atom is -0.367 e. The molecule has 0 bridgehead atoms. The fourth-order valence-corrected chi connectivity index (χ4v) is 2.54. The lowest BCUT2D eigenvalue weighted by molar-refractivity contribution is 0.679. The molecule has 1 aromatic heterocycles. The second-order valence-electron chi connectivity index (χ2n) is 5.86. The van der Waals surface area contributed by atoms with E-state index in [1.165, 1.54) is 36.1 Å². The lowest BCUT2D eigenvalue weighted by Crippen LogP contribution is -2.30. The van der Waals surface area contributed by atoms with E-state index in [4.69, 9.17) is 0 Å². The van der Waals surface area contributed by atoms with Gasteiger partial charge in [-0.25, -0.2) is 0 Å². The molecular weight excluding hydrogens is 234 g/mol. The quantitative estimate of drug-likeness (QED) is 0.841. The van der Waals surface area contributed by atoms with Gasteiger partial charge in [-0.1, -0.05) is 11.6 Å². The molecule has 1 aliphatic carbocycles. The Balaban J connectivity index is 1.78. The van der Waals surface area contributed by atoms with Crippen molar-refractivity contribution < 1.29 is 0 Å². The van der Waals surface area contributed by atoms with Crippen LogP contribution in [0.25, 0.3) is 0 Å². The molecule has 0 unspecified atom stereocenters. The largest absolute Gasteiger partial charge is 0.367 e. The second-order valence-corrected chi connectivity index (χ2v) is 5.86. The number of aryl methyl sites for hydroxylation is 1. The lowest BCUT2D eigenvalue weighted by Gasteiger charge is -2.29. The Kier molecular flexibility index (Phi) is 3.56. The molecule has 0 spiro atoms. The smallest absolute Gasteiger partial charge is 0.0448 e. The van der Waals surface area contributed by atoms with Gasteiger partial charge in [0, 0.05) is 48.8 Å². The van der Waals surface area contributed by atoms with Gasteiger partial charge in [-0.15, -0.1) is 0 Å². The first-order chi connectivity index (χ1) is 9.22. The summed E-state index contributed by atoms with van der Waals surface area (Å²) in [4.78, 5) is 6.94. The molecule has 1 fully saturated rings. The van der Waals surface area contributed by atoms with E-state index in [9.17, 15) is 0 Å². The van der Waals surface area contributed by atoms with Crippen LogP contribution in [-0.2, 0) is 6.54 Å². The van der Waals surface area contributed by atoms with Gasteiger partial charge in [0.1, 0.15) is 0 Å². The third-order valence-electron chi connectivity index (χ3n) is 4.03. The molecule has 1 N–H and O–H groups in total. The highest BCUT2D eigenvalue weighted by molar-refractivity contribution is 5.55. The highest BCUT2D eigenvalue weighted by Crippen LogP contribution is 2.26. The van der Waals surface area contributed by atoms with E-state index < -0.39 is 0 Å². The number of anilines is 1. The number of nitrogens with one attached hydrogen (secondary N) is 1. The van der Waals surface area contributed by atoms with Crippen LogP contribution >= 0.6 is 0 Å². The van der Waals surface area contributed by atoms with E-state index in [0.29, 0.717) is 0 Å². The molecule has 3 nitrogen and oxygen atoms in total. The first-order valence-electron chi connectivity index (χ1n) is 7.32. The maximum atomic E-state index is 4.47. The van der Waals surface area contributed by atoms with Crippen LogP contribution in [0.2, 0.25) is 0 Å². The topological polar surface area (TPSA) is 28.2 Å². The number of aromatic nitrogens is 1. The molecule has 0 atom stereocenters. The van der Waals surface area contributed by atoms with E-state index in [0.717, 1.165) is 31.4 Å². The normalized spacial score (nSPS) is 19.5. The molecule has 0 saturated heterocycles. The fourth-order valence-electron chi connectivity index (χ4n) is 2.54. The monoisotopic (exact) mass is 257 g/mol. The van der Waals surface area contributed by atoms with Gasteiger partial charge < -0.3 is 10.2 Å². The number of pyridine rings is 1. The van der Waals surface area contributed by atoms with Gasteiger partial charge in [0.05, 0.1) is 0 Å². The molecule has 2 aliphatic rings. The van der Waals surface area contributed by atoms with Crippen molar-refractivity contribution >= 4 is 5.69 Å². The van der Waals surface area contributed by atoms with Crippen LogP contribution in [0.3, 0.4) is 0 Å². The Morgan fingerprint density at radius 2 is 2.21 bits per heavy atom. The zero-order valence-corrected chi connectivity index (χ0v) is 11.9. The summed E-state index contributed by atoms with van der Waals surface area (Å²) in [6, 6.07) is 2.98. The molecule has 1 aromatic rings. The van der Waals surface area contributed by atoms with Crippen LogP contribution in [0.5, 0.6) is 0 Å². The van der Waals surface area contributed by atoms with Gasteiger partial charge in [-0.3, -0.25) is 4.98 Å². The van der Waals surface area contributed by atoms with Gasteiger partial charge in [0.2, 0.25) is 0 Å². The predicted octanol–water partition coefficient (Wildman–Crippen LogP) is 2.80. The minimum absolute atomic E-state index is 0.748. The molecule has 1 aliphatic heterocycles. The van der Waals surface area contributed by atoms with E-state index >= 15 is 0 Å². The standard InChI is InChI=1S/C16H23N3/c1-12-5-7-19(8-6-12)16-9-13(2)17-10-14(16)11-18-15-3-4-15/h5,9-10,15,18H,3-4,6-8,11H2,1-2H3. The molecular formula is C16H23N3. The van der Waals surface area contributed by atoms with Crippen LogP contribution < -0.4 is 10.2 Å². The number of hydrogen-bond donors (Lipinski definition) is 1. The summed E-state index contributed by atoms with van der Waals surface area (Å²) in [6.07, 6.45) is 8.24. The third kappa shape index (κ3) is 3.16. The Morgan fingerprint density at radius 1 is 1.37 bits per heavy atom. The van der Waals surface area contributed by atoms with Crippen LogP contribution in [0.4, 0.5) is 5.69 Å². The highest BCUT2D eigenvalue weighted by atomic mass is 15.1. The van der Waals surface area contributed by atoms with Gasteiger partial charge in [0.25, 0.3) is 0 Å². The van der Waals surface area contributed by atoms with Crippen molar-refractivity contribution in [2.75, 3.05) is 18.0 Å². The Hall–Kier alpha value is -1.35. The predicted molar refractivity (Wildman–Crippen MR) is 79.4 cm³/mol. The summed E-state index contributed by atoms with van der Waals surface area (Å²) >= 11 is 0. The van der Waals surface area contributed by atoms with Crippen molar-refractivity contribution in [3.8, 4) is 0 Å². The van der Waals surface area contributed by atoms with E-state index in [1.54, 1.807) is 0 Å². The lowest BCUT2D eigenvalue weighted by atomic mass is 10.1. The van der Waals surface area contributed by atoms with Crippen molar-refractivity contribution in [3.63, 3.8) is 0 Å². The Labute approximate surface area is 115 Å². The van der Waals surface area contributed by atoms with Crippen molar-refractivity contribution in [2.45, 2.75) is 45.7 Å². The zero-order valence-electron chi connectivity index (χ0n) is 11.9. The average molecular weight is 257 g/mol. The molecule has 2 heterocycles. The summed E-state index contributed by atoms with van der Waals surface area (Å²) in [5.41, 5.74) is 5.32. The van der Waals surface area contributed by atoms with E-state index in [2.05, 4.69) is 41.2 Å². The summed E-state index contributed by atoms with van der Waals surface area (Å²) in [6.45, 7) is 7.41. The highest BCUT2D eigenvalue weighted by Gasteiger charge is 2.21. The van der Waals surface area contributed by atoms with E-state index in [1.807, 2.05) is 6.20 Å². The second kappa shape index (κ2) is 5.33. The van der Waals surface area contributed by atoms with Crippen LogP contribution in [0.15, 0.2) is 23.9 Å². The van der Waals surface area contributed by atoms with E-state index in [-0.39, 0.29) is 0 Å². The molecule has 3 heteroatoms. The number of nitrogens with zero attached hydrogens (tertiary/aromatic N) is 2. The first kappa shape index (κ1) is 12.7. The number of rotatable bonds is 4. The van der Waals surface area contributed by atoms with Crippen molar-refractivity contribution in [3.05, 3.63) is 35.2 Å². The van der Waals surface area contributed by atoms with Crippen molar-refractivity contribution in [2.24, 2.45) is 0 Å². The summed E-state index contributed by atoms with van der Waals surface area (Å²) in [7, 11) is 0. The maximum absolute atomic E-state index is 4.47. The fraction of sp³-hybridized carbons (Fsp3) is 0.562. The molecule has 0 amide bonds. The van der Waals surface area contributed by atoms with Gasteiger partial charge >= 0.3 is 0 Å². The molecule has 0 aromatic carbocycles. The molecule has 3 rings (SSSR count). The SMILES string of the molecule is CC1=CCN(c2cc(C)ncc2CNC2CC2)CC1. The minimum atomic E-state index is 0.748. The average Bonchev–Trinajstić information content (AvgIpc) is 3.22. The van der Waals surface area contributed by atoms with Gasteiger partial charge in [-0.2, -0.15) is 0 Å². The van der Waals surface area contributed by atoms with Crippen LogP contribution in [-0.4, -0.2) is 24.1 Å². The third-order valence-corrected chi connectivity index (χ3v) is 4.03. The van der Waals surface area contributed by atoms with Crippen molar-refractivity contribution in [1.29, 1.82) is 0 Å². The first-order valence-corrected chi connectivity index (χ1v) is 7.32. The Bertz CT molecular complexity index is 489. The Morgan fingerprint density at radius 3 is 2.89 bits per heavy atom. The molecule has 1 saturated carbocycles.